The van der Waals surface area contributed by atoms with Crippen LogP contribution in [0.5, 0.6) is 0 Å². The molecule has 2 heterocycles. The highest BCUT2D eigenvalue weighted by Gasteiger charge is 2.37. The maximum atomic E-state index is 6.05. The number of aromatic nitrogens is 3. The minimum Gasteiger partial charge on any atom is -0.381 e. The first-order chi connectivity index (χ1) is 13.6. The van der Waals surface area contributed by atoms with Crippen LogP contribution in [-0.4, -0.2) is 34.8 Å². The van der Waals surface area contributed by atoms with E-state index in [0.29, 0.717) is 6.61 Å². The minimum atomic E-state index is 0.0387. The molecule has 0 amide bonds. The molecule has 1 aliphatic heterocycles. The molecule has 0 spiro atoms. The molecule has 0 aliphatic carbocycles. The van der Waals surface area contributed by atoms with Crippen LogP contribution in [0.25, 0.3) is 11.0 Å². The summed E-state index contributed by atoms with van der Waals surface area (Å²) < 4.78 is 14.8. The van der Waals surface area contributed by atoms with Crippen molar-refractivity contribution in [1.29, 1.82) is 0 Å². The van der Waals surface area contributed by atoms with Gasteiger partial charge < -0.3 is 9.47 Å². The molecule has 5 nitrogen and oxygen atoms in total. The lowest BCUT2D eigenvalue weighted by Gasteiger charge is -2.39. The average molecular weight is 444 g/mol. The van der Waals surface area contributed by atoms with Crippen molar-refractivity contribution in [3.05, 3.63) is 57.6 Å². The van der Waals surface area contributed by atoms with Gasteiger partial charge in [0.1, 0.15) is 5.52 Å². The SMILES string of the molecule is Cc1c(Br)c(C2(CCOCc3ccccc3)CCOCC2)cc2c1nnn2C. The lowest BCUT2D eigenvalue weighted by molar-refractivity contribution is 0.0272. The van der Waals surface area contributed by atoms with Crippen molar-refractivity contribution in [3.63, 3.8) is 0 Å². The van der Waals surface area contributed by atoms with Crippen LogP contribution < -0.4 is 0 Å². The van der Waals surface area contributed by atoms with E-state index in [1.807, 2.05) is 17.8 Å². The second kappa shape index (κ2) is 8.31. The van der Waals surface area contributed by atoms with Crippen LogP contribution in [-0.2, 0) is 28.5 Å². The fourth-order valence-corrected chi connectivity index (χ4v) is 4.86. The highest BCUT2D eigenvalue weighted by atomic mass is 79.9. The third-order valence-electron chi connectivity index (χ3n) is 5.93. The van der Waals surface area contributed by atoms with E-state index in [1.165, 1.54) is 11.1 Å². The number of halogens is 1. The Bertz CT molecular complexity index is 949. The normalized spacial score (nSPS) is 16.5. The highest BCUT2D eigenvalue weighted by Crippen LogP contribution is 2.44. The van der Waals surface area contributed by atoms with Crippen molar-refractivity contribution in [3.8, 4) is 0 Å². The van der Waals surface area contributed by atoms with Crippen LogP contribution >= 0.6 is 15.9 Å². The summed E-state index contributed by atoms with van der Waals surface area (Å²) in [6.07, 6.45) is 2.96. The monoisotopic (exact) mass is 443 g/mol. The van der Waals surface area contributed by atoms with Crippen molar-refractivity contribution in [2.75, 3.05) is 19.8 Å². The Kier molecular flexibility index (Phi) is 5.80. The predicted molar refractivity (Wildman–Crippen MR) is 113 cm³/mol. The summed E-state index contributed by atoms with van der Waals surface area (Å²) in [5, 5.41) is 8.54. The molecule has 2 aromatic carbocycles. The molecule has 3 aromatic rings. The third-order valence-corrected chi connectivity index (χ3v) is 6.95. The van der Waals surface area contributed by atoms with Gasteiger partial charge in [-0.3, -0.25) is 0 Å². The van der Waals surface area contributed by atoms with E-state index in [9.17, 15) is 0 Å². The molecule has 28 heavy (non-hydrogen) atoms. The summed E-state index contributed by atoms with van der Waals surface area (Å²) in [5.41, 5.74) is 5.76. The molecular weight excluding hydrogens is 418 g/mol. The fraction of sp³-hybridized carbons (Fsp3) is 0.455. The van der Waals surface area contributed by atoms with Gasteiger partial charge in [-0.15, -0.1) is 5.10 Å². The van der Waals surface area contributed by atoms with Crippen LogP contribution in [0.4, 0.5) is 0 Å². The van der Waals surface area contributed by atoms with Crippen molar-refractivity contribution in [2.24, 2.45) is 7.05 Å². The standard InChI is InChI=1S/C22H26BrN3O2/c1-16-20(23)18(14-19-21(16)24-25-26(19)2)22(8-11-27-12-9-22)10-13-28-15-17-6-4-3-5-7-17/h3-7,14H,8-13,15H2,1-2H3. The summed E-state index contributed by atoms with van der Waals surface area (Å²) in [5.74, 6) is 0. The summed E-state index contributed by atoms with van der Waals surface area (Å²) >= 11 is 3.87. The third kappa shape index (κ3) is 3.73. The summed E-state index contributed by atoms with van der Waals surface area (Å²) in [6.45, 7) is 5.06. The maximum absolute atomic E-state index is 6.05. The molecule has 6 heteroatoms. The van der Waals surface area contributed by atoms with E-state index >= 15 is 0 Å². The smallest absolute Gasteiger partial charge is 0.117 e. The van der Waals surface area contributed by atoms with Crippen molar-refractivity contribution in [1.82, 2.24) is 15.0 Å². The molecule has 1 aliphatic rings. The number of fused-ring (bicyclic) bond motifs is 1. The van der Waals surface area contributed by atoms with Gasteiger partial charge in [-0.1, -0.05) is 51.5 Å². The molecule has 148 valence electrons. The van der Waals surface area contributed by atoms with Crippen molar-refractivity contribution in [2.45, 2.75) is 38.2 Å². The minimum absolute atomic E-state index is 0.0387. The second-order valence-corrected chi connectivity index (χ2v) is 8.42. The second-order valence-electron chi connectivity index (χ2n) is 7.62. The lowest BCUT2D eigenvalue weighted by atomic mass is 9.71. The Labute approximate surface area is 174 Å². The van der Waals surface area contributed by atoms with E-state index in [4.69, 9.17) is 9.47 Å². The van der Waals surface area contributed by atoms with Crippen LogP contribution in [0.3, 0.4) is 0 Å². The van der Waals surface area contributed by atoms with Gasteiger partial charge in [-0.25, -0.2) is 4.68 Å². The van der Waals surface area contributed by atoms with Crippen molar-refractivity contribution < 1.29 is 9.47 Å². The number of aryl methyl sites for hydroxylation is 2. The summed E-state index contributed by atoms with van der Waals surface area (Å²) in [4.78, 5) is 0. The number of rotatable bonds is 6. The molecular formula is C22H26BrN3O2. The van der Waals surface area contributed by atoms with Gasteiger partial charge in [0, 0.05) is 36.8 Å². The first-order valence-electron chi connectivity index (χ1n) is 9.79. The number of hydrogen-bond acceptors (Lipinski definition) is 4. The number of benzene rings is 2. The van der Waals surface area contributed by atoms with Crippen LogP contribution in [0.15, 0.2) is 40.9 Å². The highest BCUT2D eigenvalue weighted by molar-refractivity contribution is 9.10. The average Bonchev–Trinajstić information content (AvgIpc) is 3.10. The van der Waals surface area contributed by atoms with Gasteiger partial charge in [-0.05, 0) is 48.9 Å². The van der Waals surface area contributed by atoms with Gasteiger partial charge >= 0.3 is 0 Å². The number of ether oxygens (including phenoxy) is 2. The van der Waals surface area contributed by atoms with Gasteiger partial charge in [0.05, 0.1) is 12.1 Å². The molecule has 0 bridgehead atoms. The Morgan fingerprint density at radius 1 is 1.21 bits per heavy atom. The molecule has 1 fully saturated rings. The zero-order chi connectivity index (χ0) is 19.6. The fourth-order valence-electron chi connectivity index (χ4n) is 4.13. The predicted octanol–water partition coefficient (Wildman–Crippen LogP) is 4.69. The molecule has 0 N–H and O–H groups in total. The zero-order valence-corrected chi connectivity index (χ0v) is 18.0. The summed E-state index contributed by atoms with van der Waals surface area (Å²) in [6, 6.07) is 12.6. The molecule has 1 aromatic heterocycles. The van der Waals surface area contributed by atoms with Crippen LogP contribution in [0.2, 0.25) is 0 Å². The summed E-state index contributed by atoms with van der Waals surface area (Å²) in [7, 11) is 1.95. The Balaban J connectivity index is 1.59. The topological polar surface area (TPSA) is 49.2 Å². The quantitative estimate of drug-likeness (QED) is 0.518. The van der Waals surface area contributed by atoms with Crippen LogP contribution in [0.1, 0.15) is 36.0 Å². The Morgan fingerprint density at radius 2 is 1.96 bits per heavy atom. The van der Waals surface area contributed by atoms with E-state index in [1.54, 1.807) is 0 Å². The molecule has 0 radical (unpaired) electrons. The van der Waals surface area contributed by atoms with E-state index < -0.39 is 0 Å². The Hall–Kier alpha value is -1.76. The van der Waals surface area contributed by atoms with Gasteiger partial charge in [0.2, 0.25) is 0 Å². The zero-order valence-electron chi connectivity index (χ0n) is 16.4. The largest absolute Gasteiger partial charge is 0.381 e. The number of nitrogens with zero attached hydrogens (tertiary/aromatic N) is 3. The van der Waals surface area contributed by atoms with Crippen molar-refractivity contribution >= 4 is 27.0 Å². The lowest BCUT2D eigenvalue weighted by Crippen LogP contribution is -2.35. The van der Waals surface area contributed by atoms with Gasteiger partial charge in [0.15, 0.2) is 0 Å². The van der Waals surface area contributed by atoms with Gasteiger partial charge in [-0.2, -0.15) is 0 Å². The molecule has 0 unspecified atom stereocenters. The van der Waals surface area contributed by atoms with E-state index in [2.05, 4.69) is 63.5 Å². The maximum Gasteiger partial charge on any atom is 0.117 e. The first-order valence-corrected chi connectivity index (χ1v) is 10.6. The number of hydrogen-bond donors (Lipinski definition) is 0. The molecule has 4 rings (SSSR count). The van der Waals surface area contributed by atoms with E-state index in [0.717, 1.165) is 60.2 Å². The van der Waals surface area contributed by atoms with E-state index in [-0.39, 0.29) is 5.41 Å². The van der Waals surface area contributed by atoms with Gasteiger partial charge in [0.25, 0.3) is 0 Å². The molecule has 0 saturated carbocycles. The van der Waals surface area contributed by atoms with Crippen LogP contribution in [0, 0.1) is 6.92 Å². The molecule has 1 saturated heterocycles. The first kappa shape index (κ1) is 19.6. The Morgan fingerprint density at radius 3 is 2.71 bits per heavy atom. The molecule has 0 atom stereocenters.